The predicted octanol–water partition coefficient (Wildman–Crippen LogP) is 2.16. The Hall–Kier alpha value is -2.67. The van der Waals surface area contributed by atoms with Crippen molar-refractivity contribution in [3.63, 3.8) is 0 Å². The molecule has 4 N–H and O–H groups in total. The number of hydrogen-bond donors (Lipinski definition) is 3. The van der Waals surface area contributed by atoms with Gasteiger partial charge in [0.25, 0.3) is 5.91 Å². The Bertz CT molecular complexity index is 649. The number of halogens is 1. The van der Waals surface area contributed by atoms with Crippen LogP contribution in [0.1, 0.15) is 17.4 Å². The van der Waals surface area contributed by atoms with Gasteiger partial charge in [-0.05, 0) is 31.2 Å². The molecule has 2 aromatic rings. The fourth-order valence-electron chi connectivity index (χ4n) is 1.69. The average Bonchev–Trinajstić information content (AvgIpc) is 2.50. The summed E-state index contributed by atoms with van der Waals surface area (Å²) in [6.07, 6.45) is 1.45. The molecule has 0 radical (unpaired) electrons. The topological polar surface area (TPSA) is 89.3 Å². The van der Waals surface area contributed by atoms with E-state index in [9.17, 15) is 9.18 Å². The standard InChI is InChI=1S/C14H15FN4O2/c1-2-21-13-4-3-9(7-11(13)15)18-14(20)12-8-10(19-16)5-6-17-12/h3-8H,2,16H2,1H3,(H,17,19)(H,18,20). The molecule has 0 saturated carbocycles. The second-order valence-corrected chi connectivity index (χ2v) is 4.11. The molecule has 0 fully saturated rings. The highest BCUT2D eigenvalue weighted by molar-refractivity contribution is 6.03. The second-order valence-electron chi connectivity index (χ2n) is 4.11. The van der Waals surface area contributed by atoms with Crippen LogP contribution in [0.25, 0.3) is 0 Å². The highest BCUT2D eigenvalue weighted by Crippen LogP contribution is 2.21. The molecule has 6 nitrogen and oxygen atoms in total. The van der Waals surface area contributed by atoms with Crippen molar-refractivity contribution in [1.82, 2.24) is 4.98 Å². The van der Waals surface area contributed by atoms with Crippen LogP contribution in [0.3, 0.4) is 0 Å². The molecule has 0 aliphatic carbocycles. The molecular weight excluding hydrogens is 275 g/mol. The molecule has 2 rings (SSSR count). The van der Waals surface area contributed by atoms with Crippen LogP contribution in [0.4, 0.5) is 15.8 Å². The van der Waals surface area contributed by atoms with Crippen LogP contribution in [-0.2, 0) is 0 Å². The Labute approximate surface area is 121 Å². The second kappa shape index (κ2) is 6.67. The number of nitrogen functional groups attached to an aromatic ring is 1. The number of nitrogens with two attached hydrogens (primary N) is 1. The number of hydrogen-bond acceptors (Lipinski definition) is 5. The molecule has 1 amide bonds. The number of anilines is 2. The van der Waals surface area contributed by atoms with E-state index in [-0.39, 0.29) is 11.4 Å². The molecule has 1 heterocycles. The Morgan fingerprint density at radius 2 is 2.14 bits per heavy atom. The van der Waals surface area contributed by atoms with E-state index in [0.29, 0.717) is 18.0 Å². The SMILES string of the molecule is CCOc1ccc(NC(=O)c2cc(NN)ccn2)cc1F. The third kappa shape index (κ3) is 3.67. The van der Waals surface area contributed by atoms with Gasteiger partial charge in [-0.1, -0.05) is 0 Å². The number of hydrazine groups is 1. The zero-order chi connectivity index (χ0) is 15.2. The molecule has 0 saturated heterocycles. The third-order valence-corrected chi connectivity index (χ3v) is 2.65. The van der Waals surface area contributed by atoms with Gasteiger partial charge in [-0.15, -0.1) is 0 Å². The van der Waals surface area contributed by atoms with Crippen LogP contribution in [0.15, 0.2) is 36.5 Å². The Kier molecular flexibility index (Phi) is 4.68. The Morgan fingerprint density at radius 1 is 1.33 bits per heavy atom. The fraction of sp³-hybridized carbons (Fsp3) is 0.143. The number of ether oxygens (including phenoxy) is 1. The Balaban J connectivity index is 2.13. The van der Waals surface area contributed by atoms with Crippen molar-refractivity contribution in [3.8, 4) is 5.75 Å². The van der Waals surface area contributed by atoms with Gasteiger partial charge < -0.3 is 15.5 Å². The van der Waals surface area contributed by atoms with Gasteiger partial charge in [-0.25, -0.2) is 4.39 Å². The summed E-state index contributed by atoms with van der Waals surface area (Å²) in [5.74, 6) is 4.40. The van der Waals surface area contributed by atoms with Gasteiger partial charge in [0.15, 0.2) is 11.6 Å². The molecule has 110 valence electrons. The molecule has 0 aliphatic rings. The number of nitrogens with one attached hydrogen (secondary N) is 2. The van der Waals surface area contributed by atoms with Crippen LogP contribution in [0.5, 0.6) is 5.75 Å². The highest BCUT2D eigenvalue weighted by Gasteiger charge is 2.10. The van der Waals surface area contributed by atoms with Gasteiger partial charge in [0.05, 0.1) is 12.3 Å². The van der Waals surface area contributed by atoms with E-state index in [0.717, 1.165) is 0 Å². The van der Waals surface area contributed by atoms with Gasteiger partial charge in [0, 0.05) is 18.0 Å². The quantitative estimate of drug-likeness (QED) is 0.580. The van der Waals surface area contributed by atoms with Gasteiger partial charge in [-0.3, -0.25) is 15.6 Å². The molecule has 7 heteroatoms. The van der Waals surface area contributed by atoms with E-state index in [1.807, 2.05) is 0 Å². The van der Waals surface area contributed by atoms with Crippen LogP contribution >= 0.6 is 0 Å². The fourth-order valence-corrected chi connectivity index (χ4v) is 1.69. The molecule has 1 aromatic heterocycles. The van der Waals surface area contributed by atoms with E-state index >= 15 is 0 Å². The maximum Gasteiger partial charge on any atom is 0.274 e. The van der Waals surface area contributed by atoms with Gasteiger partial charge in [0.2, 0.25) is 0 Å². The van der Waals surface area contributed by atoms with Crippen molar-refractivity contribution in [3.05, 3.63) is 48.0 Å². The summed E-state index contributed by atoms with van der Waals surface area (Å²) in [4.78, 5) is 15.9. The van der Waals surface area contributed by atoms with Crippen LogP contribution < -0.4 is 21.3 Å². The van der Waals surface area contributed by atoms with Crippen molar-refractivity contribution in [2.45, 2.75) is 6.92 Å². The normalized spacial score (nSPS) is 10.0. The third-order valence-electron chi connectivity index (χ3n) is 2.65. The number of benzene rings is 1. The minimum Gasteiger partial charge on any atom is -0.491 e. The molecule has 1 aromatic carbocycles. The molecule has 21 heavy (non-hydrogen) atoms. The first-order valence-electron chi connectivity index (χ1n) is 6.30. The first-order chi connectivity index (χ1) is 10.1. The van der Waals surface area contributed by atoms with Crippen LogP contribution in [0.2, 0.25) is 0 Å². The van der Waals surface area contributed by atoms with Crippen molar-refractivity contribution in [2.24, 2.45) is 5.84 Å². The summed E-state index contributed by atoms with van der Waals surface area (Å²) in [6, 6.07) is 7.30. The van der Waals surface area contributed by atoms with E-state index in [1.165, 1.54) is 24.4 Å². The van der Waals surface area contributed by atoms with E-state index in [1.54, 1.807) is 19.1 Å². The van der Waals surface area contributed by atoms with Gasteiger partial charge in [-0.2, -0.15) is 0 Å². The van der Waals surface area contributed by atoms with Crippen molar-refractivity contribution < 1.29 is 13.9 Å². The summed E-state index contributed by atoms with van der Waals surface area (Å²) in [6.45, 7) is 2.13. The first kappa shape index (κ1) is 14.7. The molecule has 0 aliphatic heterocycles. The lowest BCUT2D eigenvalue weighted by Gasteiger charge is -2.08. The number of nitrogens with zero attached hydrogens (tertiary/aromatic N) is 1. The van der Waals surface area contributed by atoms with E-state index < -0.39 is 11.7 Å². The monoisotopic (exact) mass is 290 g/mol. The number of carbonyl (C=O) groups excluding carboxylic acids is 1. The number of amides is 1. The lowest BCUT2D eigenvalue weighted by molar-refractivity contribution is 0.102. The molecular formula is C14H15FN4O2. The Morgan fingerprint density at radius 3 is 2.81 bits per heavy atom. The number of rotatable bonds is 5. The maximum atomic E-state index is 13.7. The average molecular weight is 290 g/mol. The molecule has 0 spiro atoms. The summed E-state index contributed by atoms with van der Waals surface area (Å²) in [7, 11) is 0. The van der Waals surface area contributed by atoms with Crippen LogP contribution in [-0.4, -0.2) is 17.5 Å². The first-order valence-corrected chi connectivity index (χ1v) is 6.30. The van der Waals surface area contributed by atoms with Crippen molar-refractivity contribution >= 4 is 17.3 Å². The summed E-state index contributed by atoms with van der Waals surface area (Å²) >= 11 is 0. The molecule has 0 unspecified atom stereocenters. The largest absolute Gasteiger partial charge is 0.491 e. The minimum absolute atomic E-state index is 0.142. The highest BCUT2D eigenvalue weighted by atomic mass is 19.1. The van der Waals surface area contributed by atoms with Gasteiger partial charge >= 0.3 is 0 Å². The number of aromatic nitrogens is 1. The zero-order valence-electron chi connectivity index (χ0n) is 11.4. The number of pyridine rings is 1. The predicted molar refractivity (Wildman–Crippen MR) is 77.6 cm³/mol. The summed E-state index contributed by atoms with van der Waals surface area (Å²) in [5.41, 5.74) is 3.45. The lowest BCUT2D eigenvalue weighted by Crippen LogP contribution is -2.15. The van der Waals surface area contributed by atoms with Crippen molar-refractivity contribution in [1.29, 1.82) is 0 Å². The van der Waals surface area contributed by atoms with Gasteiger partial charge in [0.1, 0.15) is 5.69 Å². The van der Waals surface area contributed by atoms with Crippen LogP contribution in [0, 0.1) is 5.82 Å². The number of carbonyl (C=O) groups is 1. The zero-order valence-corrected chi connectivity index (χ0v) is 11.4. The molecule has 0 atom stereocenters. The minimum atomic E-state index is -0.542. The summed E-state index contributed by atoms with van der Waals surface area (Å²) in [5, 5.41) is 2.55. The summed E-state index contributed by atoms with van der Waals surface area (Å²) < 4.78 is 18.8. The molecule has 0 bridgehead atoms. The lowest BCUT2D eigenvalue weighted by atomic mass is 10.2. The smallest absolute Gasteiger partial charge is 0.274 e. The van der Waals surface area contributed by atoms with E-state index in [2.05, 4.69) is 15.7 Å². The van der Waals surface area contributed by atoms with E-state index in [4.69, 9.17) is 10.6 Å². The van der Waals surface area contributed by atoms with Crippen molar-refractivity contribution in [2.75, 3.05) is 17.3 Å². The maximum absolute atomic E-state index is 13.7.